The SMILES string of the molecule is Oc1ccc(CNCCCOCc2ccco2)c(O)c1O. The third-order valence-electron chi connectivity index (χ3n) is 3.00. The highest BCUT2D eigenvalue weighted by atomic mass is 16.5. The summed E-state index contributed by atoms with van der Waals surface area (Å²) in [5.41, 5.74) is 0.529. The second-order valence-electron chi connectivity index (χ2n) is 4.60. The van der Waals surface area contributed by atoms with Gasteiger partial charge in [-0.15, -0.1) is 0 Å². The van der Waals surface area contributed by atoms with E-state index in [1.165, 1.54) is 6.07 Å². The first-order chi connectivity index (χ1) is 10.2. The first kappa shape index (κ1) is 15.2. The molecule has 114 valence electrons. The molecule has 0 saturated carbocycles. The van der Waals surface area contributed by atoms with Gasteiger partial charge >= 0.3 is 0 Å². The number of nitrogens with one attached hydrogen (secondary N) is 1. The maximum absolute atomic E-state index is 9.64. The number of phenolic OH excluding ortho intramolecular Hbond substituents is 3. The van der Waals surface area contributed by atoms with E-state index in [4.69, 9.17) is 9.15 Å². The Morgan fingerprint density at radius 3 is 2.71 bits per heavy atom. The van der Waals surface area contributed by atoms with Gasteiger partial charge in [-0.2, -0.15) is 0 Å². The van der Waals surface area contributed by atoms with Crippen LogP contribution in [0.15, 0.2) is 34.9 Å². The quantitative estimate of drug-likeness (QED) is 0.440. The number of hydrogen-bond donors (Lipinski definition) is 4. The van der Waals surface area contributed by atoms with E-state index in [9.17, 15) is 15.3 Å². The van der Waals surface area contributed by atoms with Crippen molar-refractivity contribution in [2.75, 3.05) is 13.2 Å². The van der Waals surface area contributed by atoms with E-state index in [-0.39, 0.29) is 11.5 Å². The van der Waals surface area contributed by atoms with Crippen LogP contribution >= 0.6 is 0 Å². The lowest BCUT2D eigenvalue weighted by molar-refractivity contribution is 0.104. The summed E-state index contributed by atoms with van der Waals surface area (Å²) in [4.78, 5) is 0. The first-order valence-electron chi connectivity index (χ1n) is 6.72. The Labute approximate surface area is 122 Å². The smallest absolute Gasteiger partial charge is 0.200 e. The monoisotopic (exact) mass is 293 g/mol. The minimum atomic E-state index is -0.490. The lowest BCUT2D eigenvalue weighted by atomic mass is 10.1. The summed E-state index contributed by atoms with van der Waals surface area (Å²) >= 11 is 0. The normalized spacial score (nSPS) is 10.9. The molecule has 0 aliphatic rings. The summed E-state index contributed by atoms with van der Waals surface area (Å²) in [6, 6.07) is 6.58. The van der Waals surface area contributed by atoms with Gasteiger partial charge in [0.05, 0.1) is 6.26 Å². The van der Waals surface area contributed by atoms with Gasteiger partial charge in [-0.3, -0.25) is 0 Å². The van der Waals surface area contributed by atoms with Crippen LogP contribution in [0.4, 0.5) is 0 Å². The second-order valence-corrected chi connectivity index (χ2v) is 4.60. The average Bonchev–Trinajstić information content (AvgIpc) is 2.99. The van der Waals surface area contributed by atoms with Crippen LogP contribution in [0.3, 0.4) is 0 Å². The number of rotatable bonds is 8. The Bertz CT molecular complexity index is 553. The van der Waals surface area contributed by atoms with Crippen molar-refractivity contribution >= 4 is 0 Å². The highest BCUT2D eigenvalue weighted by Gasteiger charge is 2.10. The summed E-state index contributed by atoms with van der Waals surface area (Å²) < 4.78 is 10.6. The molecular formula is C15H19NO5. The molecule has 0 aliphatic carbocycles. The van der Waals surface area contributed by atoms with Gasteiger partial charge in [0, 0.05) is 18.7 Å². The van der Waals surface area contributed by atoms with Crippen molar-refractivity contribution in [3.63, 3.8) is 0 Å². The Balaban J connectivity index is 1.60. The third-order valence-corrected chi connectivity index (χ3v) is 3.00. The van der Waals surface area contributed by atoms with Crippen LogP contribution < -0.4 is 5.32 Å². The van der Waals surface area contributed by atoms with Crippen molar-refractivity contribution in [1.82, 2.24) is 5.32 Å². The van der Waals surface area contributed by atoms with Crippen LogP contribution in [0.1, 0.15) is 17.7 Å². The number of aromatic hydroxyl groups is 3. The molecular weight excluding hydrogens is 274 g/mol. The maximum Gasteiger partial charge on any atom is 0.200 e. The molecule has 1 heterocycles. The zero-order valence-electron chi connectivity index (χ0n) is 11.6. The van der Waals surface area contributed by atoms with Crippen molar-refractivity contribution in [3.05, 3.63) is 41.9 Å². The lowest BCUT2D eigenvalue weighted by Crippen LogP contribution is -2.16. The Morgan fingerprint density at radius 1 is 1.10 bits per heavy atom. The maximum atomic E-state index is 9.64. The van der Waals surface area contributed by atoms with Crippen LogP contribution in [0.2, 0.25) is 0 Å². The molecule has 4 N–H and O–H groups in total. The van der Waals surface area contributed by atoms with Gasteiger partial charge in [0.25, 0.3) is 0 Å². The van der Waals surface area contributed by atoms with Crippen molar-refractivity contribution in [1.29, 1.82) is 0 Å². The third kappa shape index (κ3) is 4.40. The highest BCUT2D eigenvalue weighted by Crippen LogP contribution is 2.36. The molecule has 6 nitrogen and oxygen atoms in total. The molecule has 6 heteroatoms. The number of phenols is 3. The Kier molecular flexibility index (Phi) is 5.48. The zero-order valence-corrected chi connectivity index (χ0v) is 11.6. The molecule has 2 rings (SSSR count). The molecule has 0 unspecified atom stereocenters. The predicted molar refractivity (Wildman–Crippen MR) is 76.1 cm³/mol. The van der Waals surface area contributed by atoms with Crippen LogP contribution in [0.25, 0.3) is 0 Å². The second kappa shape index (κ2) is 7.56. The fourth-order valence-electron chi connectivity index (χ4n) is 1.84. The number of hydrogen-bond acceptors (Lipinski definition) is 6. The molecule has 0 spiro atoms. The van der Waals surface area contributed by atoms with E-state index < -0.39 is 5.75 Å². The van der Waals surface area contributed by atoms with Crippen molar-refractivity contribution in [3.8, 4) is 17.2 Å². The van der Waals surface area contributed by atoms with E-state index in [2.05, 4.69) is 5.32 Å². The van der Waals surface area contributed by atoms with Crippen molar-refractivity contribution < 1.29 is 24.5 Å². The molecule has 0 amide bonds. The minimum Gasteiger partial charge on any atom is -0.504 e. The molecule has 21 heavy (non-hydrogen) atoms. The Hall–Kier alpha value is -2.18. The number of ether oxygens (including phenoxy) is 1. The number of furan rings is 1. The van der Waals surface area contributed by atoms with E-state index in [1.807, 2.05) is 12.1 Å². The van der Waals surface area contributed by atoms with Gasteiger partial charge in [0.1, 0.15) is 12.4 Å². The van der Waals surface area contributed by atoms with Gasteiger partial charge in [-0.25, -0.2) is 0 Å². The Morgan fingerprint density at radius 2 is 1.95 bits per heavy atom. The molecule has 0 radical (unpaired) electrons. The van der Waals surface area contributed by atoms with Crippen LogP contribution in [-0.4, -0.2) is 28.5 Å². The molecule has 0 aliphatic heterocycles. The van der Waals surface area contributed by atoms with Gasteiger partial charge in [0.15, 0.2) is 11.5 Å². The standard InChI is InChI=1S/C15H19NO5/c17-13-5-4-11(14(18)15(13)19)9-16-6-2-7-20-10-12-3-1-8-21-12/h1,3-5,8,16-19H,2,6-7,9-10H2. The van der Waals surface area contributed by atoms with E-state index in [0.29, 0.717) is 31.9 Å². The fraction of sp³-hybridized carbons (Fsp3) is 0.333. The molecule has 0 fully saturated rings. The van der Waals surface area contributed by atoms with Gasteiger partial charge in [0.2, 0.25) is 5.75 Å². The lowest BCUT2D eigenvalue weighted by Gasteiger charge is -2.09. The van der Waals surface area contributed by atoms with Gasteiger partial charge in [-0.1, -0.05) is 6.07 Å². The molecule has 0 atom stereocenters. The van der Waals surface area contributed by atoms with Crippen molar-refractivity contribution in [2.45, 2.75) is 19.6 Å². The topological polar surface area (TPSA) is 95.1 Å². The van der Waals surface area contributed by atoms with E-state index in [1.54, 1.807) is 12.3 Å². The van der Waals surface area contributed by atoms with Crippen LogP contribution in [-0.2, 0) is 17.9 Å². The van der Waals surface area contributed by atoms with Crippen LogP contribution in [0, 0.1) is 0 Å². The molecule has 0 saturated heterocycles. The summed E-state index contributed by atoms with van der Waals surface area (Å²) in [7, 11) is 0. The number of benzene rings is 1. The summed E-state index contributed by atoms with van der Waals surface area (Å²) in [6.07, 6.45) is 2.42. The van der Waals surface area contributed by atoms with E-state index in [0.717, 1.165) is 12.2 Å². The summed E-state index contributed by atoms with van der Waals surface area (Å²) in [5, 5.41) is 31.4. The molecule has 1 aromatic carbocycles. The highest BCUT2D eigenvalue weighted by molar-refractivity contribution is 5.52. The van der Waals surface area contributed by atoms with Crippen molar-refractivity contribution in [2.24, 2.45) is 0 Å². The fourth-order valence-corrected chi connectivity index (χ4v) is 1.84. The van der Waals surface area contributed by atoms with Crippen LogP contribution in [0.5, 0.6) is 17.2 Å². The molecule has 0 bridgehead atoms. The van der Waals surface area contributed by atoms with Gasteiger partial charge < -0.3 is 29.8 Å². The van der Waals surface area contributed by atoms with E-state index >= 15 is 0 Å². The largest absolute Gasteiger partial charge is 0.504 e. The summed E-state index contributed by atoms with van der Waals surface area (Å²) in [5.74, 6) is -0.317. The average molecular weight is 293 g/mol. The van der Waals surface area contributed by atoms with Gasteiger partial charge in [-0.05, 0) is 31.2 Å². The minimum absolute atomic E-state index is 0.295. The first-order valence-corrected chi connectivity index (χ1v) is 6.72. The molecule has 1 aromatic heterocycles. The predicted octanol–water partition coefficient (Wildman–Crippen LogP) is 2.09. The zero-order chi connectivity index (χ0) is 15.1. The molecule has 2 aromatic rings. The summed E-state index contributed by atoms with van der Waals surface area (Å²) in [6.45, 7) is 2.16.